The second-order valence-electron chi connectivity index (χ2n) is 4.73. The van der Waals surface area contributed by atoms with Crippen molar-refractivity contribution in [2.24, 2.45) is 10.3 Å². The third-order valence-electron chi connectivity index (χ3n) is 3.09. The topological polar surface area (TPSA) is 66.2 Å². The number of aliphatic hydroxyl groups is 1. The summed E-state index contributed by atoms with van der Waals surface area (Å²) in [5.41, 5.74) is 1.87. The van der Waals surface area contributed by atoms with E-state index in [1.54, 1.807) is 29.6 Å². The van der Waals surface area contributed by atoms with Gasteiger partial charge in [0.15, 0.2) is 11.4 Å². The second-order valence-corrected chi connectivity index (χ2v) is 6.11. The first-order valence-electron chi connectivity index (χ1n) is 6.50. The molecule has 0 saturated carbocycles. The Morgan fingerprint density at radius 1 is 1.25 bits per heavy atom. The van der Waals surface area contributed by atoms with Crippen molar-refractivity contribution in [3.8, 4) is 0 Å². The molecule has 0 bridgehead atoms. The van der Waals surface area contributed by atoms with Crippen molar-refractivity contribution in [2.75, 3.05) is 5.43 Å². The van der Waals surface area contributed by atoms with Crippen LogP contribution in [0.15, 0.2) is 52.0 Å². The summed E-state index contributed by atoms with van der Waals surface area (Å²) in [6.07, 6.45) is -5.12. The number of halogens is 4. The molecule has 1 aromatic heterocycles. The largest absolute Gasteiger partial charge is 0.464 e. The summed E-state index contributed by atoms with van der Waals surface area (Å²) in [6, 6.07) is 9.32. The van der Waals surface area contributed by atoms with Crippen molar-refractivity contribution in [2.45, 2.75) is 12.0 Å². The van der Waals surface area contributed by atoms with Crippen LogP contribution >= 0.6 is 22.9 Å². The third-order valence-corrected chi connectivity index (χ3v) is 4.22. The molecule has 1 aliphatic heterocycles. The van der Waals surface area contributed by atoms with Gasteiger partial charge in [-0.05, 0) is 35.7 Å². The molecule has 2 heterocycles. The average Bonchev–Trinajstić information content (AvgIpc) is 3.14. The summed E-state index contributed by atoms with van der Waals surface area (Å²) >= 11 is 6.89. The van der Waals surface area contributed by atoms with Crippen molar-refractivity contribution in [1.29, 1.82) is 0 Å². The highest BCUT2D eigenvalue weighted by Crippen LogP contribution is 2.38. The summed E-state index contributed by atoms with van der Waals surface area (Å²) < 4.78 is 39.7. The smallest absolute Gasteiger partial charge is 0.343 e. The number of hydrogen-bond acceptors (Lipinski definition) is 6. The lowest BCUT2D eigenvalue weighted by Gasteiger charge is -2.23. The summed E-state index contributed by atoms with van der Waals surface area (Å²) in [6.45, 7) is 0. The van der Waals surface area contributed by atoms with Gasteiger partial charge in [-0.1, -0.05) is 22.8 Å². The van der Waals surface area contributed by atoms with E-state index in [-0.39, 0.29) is 5.71 Å². The van der Waals surface area contributed by atoms with Gasteiger partial charge in [0.25, 0.3) is 0 Å². The Morgan fingerprint density at radius 2 is 1.96 bits per heavy atom. The Balaban J connectivity index is 1.98. The molecule has 0 aliphatic carbocycles. The van der Waals surface area contributed by atoms with Gasteiger partial charge in [0.2, 0.25) is 0 Å². The van der Waals surface area contributed by atoms with E-state index in [9.17, 15) is 18.3 Å². The maximum absolute atomic E-state index is 13.2. The fourth-order valence-corrected chi connectivity index (χ4v) is 2.73. The van der Waals surface area contributed by atoms with Gasteiger partial charge in [-0.25, -0.2) is 0 Å². The van der Waals surface area contributed by atoms with Crippen molar-refractivity contribution < 1.29 is 23.1 Å². The molecule has 2 N–H and O–H groups in total. The Labute approximate surface area is 143 Å². The monoisotopic (exact) mass is 375 g/mol. The quantitative estimate of drug-likeness (QED) is 0.801. The zero-order chi connectivity index (χ0) is 17.4. The summed E-state index contributed by atoms with van der Waals surface area (Å²) in [4.78, 5) is 4.68. The molecule has 1 aromatic carbocycles. The van der Waals surface area contributed by atoms with Crippen LogP contribution in [0.2, 0.25) is 5.02 Å². The molecule has 0 spiro atoms. The van der Waals surface area contributed by atoms with Crippen LogP contribution in [0.25, 0.3) is 0 Å². The minimum absolute atomic E-state index is 0.189. The highest BCUT2D eigenvalue weighted by Gasteiger charge is 2.65. The molecule has 1 unspecified atom stereocenters. The summed E-state index contributed by atoms with van der Waals surface area (Å²) in [5.74, 6) is -3.62. The number of benzene rings is 1. The zero-order valence-corrected chi connectivity index (χ0v) is 13.3. The molecule has 2 aromatic rings. The normalized spacial score (nSPS) is 22.4. The van der Waals surface area contributed by atoms with Crippen LogP contribution in [0.4, 0.5) is 18.9 Å². The Kier molecular flexibility index (Phi) is 4.24. The fourth-order valence-electron chi connectivity index (χ4n) is 1.89. The lowest BCUT2D eigenvalue weighted by Crippen LogP contribution is -2.52. The second kappa shape index (κ2) is 6.08. The lowest BCUT2D eigenvalue weighted by atomic mass is 10.1. The van der Waals surface area contributed by atoms with Gasteiger partial charge in [-0.15, -0.1) is 11.3 Å². The number of nitrogens with zero attached hydrogens (tertiary/aromatic N) is 2. The zero-order valence-electron chi connectivity index (χ0n) is 11.7. The predicted molar refractivity (Wildman–Crippen MR) is 85.5 cm³/mol. The fraction of sp³-hybridized carbons (Fsp3) is 0.143. The standard InChI is InChI=1S/C14H9ClF3N3O2S/c15-8-3-5-9(6-4-8)19-20-12-11(10-2-1-7-24-10)21-23-13(12,22)14(16,17)18/h1-7,19,22H/b20-12+. The van der Waals surface area contributed by atoms with Crippen LogP contribution in [-0.4, -0.2) is 28.5 Å². The SMILES string of the molecule is OC1(C(F)(F)F)ON=C(c2cccs2)/C1=N\Nc1ccc(Cl)cc1. The first-order chi connectivity index (χ1) is 11.3. The van der Waals surface area contributed by atoms with E-state index in [1.165, 1.54) is 12.1 Å². The van der Waals surface area contributed by atoms with Crippen LogP contribution in [0.3, 0.4) is 0 Å². The molecule has 1 atom stereocenters. The number of anilines is 1. The molecule has 5 nitrogen and oxygen atoms in total. The molecule has 126 valence electrons. The molecule has 0 saturated heterocycles. The number of thiophene rings is 1. The van der Waals surface area contributed by atoms with E-state index >= 15 is 0 Å². The minimum atomic E-state index is -5.12. The minimum Gasteiger partial charge on any atom is -0.343 e. The Hall–Kier alpha value is -2.10. The molecular weight excluding hydrogens is 367 g/mol. The molecule has 24 heavy (non-hydrogen) atoms. The van der Waals surface area contributed by atoms with E-state index in [0.29, 0.717) is 15.6 Å². The van der Waals surface area contributed by atoms with E-state index in [2.05, 4.69) is 20.5 Å². The van der Waals surface area contributed by atoms with Gasteiger partial charge in [0.1, 0.15) is 0 Å². The van der Waals surface area contributed by atoms with Gasteiger partial charge < -0.3 is 9.94 Å². The van der Waals surface area contributed by atoms with Gasteiger partial charge in [0.05, 0.1) is 10.6 Å². The van der Waals surface area contributed by atoms with E-state index in [4.69, 9.17) is 11.6 Å². The Bertz CT molecular complexity index is 791. The van der Waals surface area contributed by atoms with Gasteiger partial charge in [0, 0.05) is 5.02 Å². The molecule has 3 rings (SSSR count). The first kappa shape index (κ1) is 16.7. The third kappa shape index (κ3) is 2.97. The highest BCUT2D eigenvalue weighted by molar-refractivity contribution is 7.13. The van der Waals surface area contributed by atoms with Gasteiger partial charge in [-0.2, -0.15) is 18.3 Å². The van der Waals surface area contributed by atoms with E-state index in [1.807, 2.05) is 0 Å². The van der Waals surface area contributed by atoms with Crippen molar-refractivity contribution >= 4 is 40.0 Å². The van der Waals surface area contributed by atoms with Crippen molar-refractivity contribution in [3.63, 3.8) is 0 Å². The Morgan fingerprint density at radius 3 is 2.54 bits per heavy atom. The number of nitrogens with one attached hydrogen (secondary N) is 1. The molecular formula is C14H9ClF3N3O2S. The van der Waals surface area contributed by atoms with Crippen LogP contribution < -0.4 is 5.43 Å². The molecule has 0 amide bonds. The average molecular weight is 376 g/mol. The number of rotatable bonds is 3. The maximum Gasteiger partial charge on any atom is 0.464 e. The molecule has 0 radical (unpaired) electrons. The number of hydrazone groups is 1. The maximum atomic E-state index is 13.2. The summed E-state index contributed by atoms with van der Waals surface area (Å²) in [7, 11) is 0. The van der Waals surface area contributed by atoms with Crippen LogP contribution in [0.1, 0.15) is 4.88 Å². The van der Waals surface area contributed by atoms with Crippen molar-refractivity contribution in [1.82, 2.24) is 0 Å². The number of hydrogen-bond donors (Lipinski definition) is 2. The van der Waals surface area contributed by atoms with Crippen LogP contribution in [0, 0.1) is 0 Å². The van der Waals surface area contributed by atoms with Crippen molar-refractivity contribution in [3.05, 3.63) is 51.7 Å². The molecule has 10 heteroatoms. The number of oxime groups is 1. The van der Waals surface area contributed by atoms with E-state index < -0.39 is 17.7 Å². The highest BCUT2D eigenvalue weighted by atomic mass is 35.5. The predicted octanol–water partition coefficient (Wildman–Crippen LogP) is 3.85. The van der Waals surface area contributed by atoms with Gasteiger partial charge >= 0.3 is 12.0 Å². The van der Waals surface area contributed by atoms with Crippen LogP contribution in [0.5, 0.6) is 0 Å². The van der Waals surface area contributed by atoms with Crippen LogP contribution in [-0.2, 0) is 4.84 Å². The molecule has 0 fully saturated rings. The molecule has 1 aliphatic rings. The number of alkyl halides is 3. The van der Waals surface area contributed by atoms with E-state index in [0.717, 1.165) is 11.3 Å². The summed E-state index contributed by atoms with van der Waals surface area (Å²) in [5, 5.41) is 19.1. The first-order valence-corrected chi connectivity index (χ1v) is 7.76. The lowest BCUT2D eigenvalue weighted by molar-refractivity contribution is -0.325. The van der Waals surface area contributed by atoms with Gasteiger partial charge in [-0.3, -0.25) is 5.43 Å².